The van der Waals surface area contributed by atoms with Crippen molar-refractivity contribution in [1.82, 2.24) is 20.2 Å². The number of tetrazole rings is 1. The number of carbonyl (C=O) groups excluding carboxylic acids is 1. The Hall–Kier alpha value is -2.19. The molecule has 2 atom stereocenters. The number of carbonyl (C=O) groups is 1. The SMILES string of the molecule is COc1ccc(NC(=O)C[C@@H]2CCC[C@H]2N)cc1-n1cnnn1.Cl. The van der Waals surface area contributed by atoms with Crippen molar-refractivity contribution in [2.45, 2.75) is 31.7 Å². The first kappa shape index (κ1) is 18.2. The van der Waals surface area contributed by atoms with Gasteiger partial charge in [-0.1, -0.05) is 6.42 Å². The minimum Gasteiger partial charge on any atom is -0.494 e. The van der Waals surface area contributed by atoms with Crippen molar-refractivity contribution in [3.63, 3.8) is 0 Å². The van der Waals surface area contributed by atoms with E-state index < -0.39 is 0 Å². The van der Waals surface area contributed by atoms with E-state index in [1.54, 1.807) is 25.3 Å². The highest BCUT2D eigenvalue weighted by Gasteiger charge is 2.26. The van der Waals surface area contributed by atoms with Crippen LogP contribution >= 0.6 is 12.4 Å². The fourth-order valence-electron chi connectivity index (χ4n) is 2.99. The molecule has 1 heterocycles. The molecule has 1 aliphatic carbocycles. The number of benzene rings is 1. The third kappa shape index (κ3) is 4.01. The first-order valence-corrected chi connectivity index (χ1v) is 7.64. The lowest BCUT2D eigenvalue weighted by Gasteiger charge is -2.15. The quantitative estimate of drug-likeness (QED) is 0.845. The molecule has 1 fully saturated rings. The normalized spacial score (nSPS) is 19.6. The molecule has 1 aromatic carbocycles. The van der Waals surface area contributed by atoms with E-state index in [1.807, 2.05) is 0 Å². The lowest BCUT2D eigenvalue weighted by atomic mass is 10.00. The lowest BCUT2D eigenvalue weighted by molar-refractivity contribution is -0.117. The molecule has 1 amide bonds. The Kier molecular flexibility index (Phi) is 6.10. The highest BCUT2D eigenvalue weighted by atomic mass is 35.5. The summed E-state index contributed by atoms with van der Waals surface area (Å²) in [6, 6.07) is 5.47. The summed E-state index contributed by atoms with van der Waals surface area (Å²) in [6.45, 7) is 0. The number of rotatable bonds is 5. The van der Waals surface area contributed by atoms with Gasteiger partial charge in [-0.2, -0.15) is 4.68 Å². The number of aromatic nitrogens is 4. The Morgan fingerprint density at radius 2 is 2.29 bits per heavy atom. The second-order valence-corrected chi connectivity index (χ2v) is 5.75. The molecule has 130 valence electrons. The molecule has 0 saturated heterocycles. The zero-order valence-corrected chi connectivity index (χ0v) is 14.2. The summed E-state index contributed by atoms with van der Waals surface area (Å²) in [7, 11) is 1.57. The number of hydrogen-bond acceptors (Lipinski definition) is 6. The number of nitrogens with zero attached hydrogens (tertiary/aromatic N) is 4. The van der Waals surface area contributed by atoms with Crippen molar-refractivity contribution < 1.29 is 9.53 Å². The molecular formula is C15H21ClN6O2. The summed E-state index contributed by atoms with van der Waals surface area (Å²) < 4.78 is 6.79. The van der Waals surface area contributed by atoms with Gasteiger partial charge in [-0.25, -0.2) is 0 Å². The third-order valence-electron chi connectivity index (χ3n) is 4.22. The average molecular weight is 353 g/mol. The number of ether oxygens (including phenoxy) is 1. The number of amides is 1. The second-order valence-electron chi connectivity index (χ2n) is 5.75. The average Bonchev–Trinajstić information content (AvgIpc) is 3.20. The van der Waals surface area contributed by atoms with Gasteiger partial charge in [0.15, 0.2) is 0 Å². The predicted octanol–water partition coefficient (Wildman–Crippen LogP) is 1.55. The number of nitrogens with two attached hydrogens (primary N) is 1. The molecular weight excluding hydrogens is 332 g/mol. The van der Waals surface area contributed by atoms with Gasteiger partial charge in [0.25, 0.3) is 0 Å². The van der Waals surface area contributed by atoms with Crippen molar-refractivity contribution in [2.75, 3.05) is 12.4 Å². The fourth-order valence-corrected chi connectivity index (χ4v) is 2.99. The summed E-state index contributed by atoms with van der Waals surface area (Å²) in [5.41, 5.74) is 7.36. The minimum absolute atomic E-state index is 0. The van der Waals surface area contributed by atoms with E-state index in [0.29, 0.717) is 23.5 Å². The van der Waals surface area contributed by atoms with Crippen molar-refractivity contribution in [1.29, 1.82) is 0 Å². The second kappa shape index (κ2) is 8.07. The molecule has 0 radical (unpaired) electrons. The first-order valence-electron chi connectivity index (χ1n) is 7.64. The zero-order chi connectivity index (χ0) is 16.2. The first-order chi connectivity index (χ1) is 11.2. The van der Waals surface area contributed by atoms with Gasteiger partial charge in [0.1, 0.15) is 17.8 Å². The number of methoxy groups -OCH3 is 1. The van der Waals surface area contributed by atoms with Crippen molar-refractivity contribution in [3.05, 3.63) is 24.5 Å². The van der Waals surface area contributed by atoms with Gasteiger partial charge < -0.3 is 15.8 Å². The van der Waals surface area contributed by atoms with E-state index >= 15 is 0 Å². The Balaban J connectivity index is 0.00000208. The number of halogens is 1. The Morgan fingerprint density at radius 3 is 2.92 bits per heavy atom. The molecule has 1 aliphatic rings. The van der Waals surface area contributed by atoms with E-state index in [1.165, 1.54) is 11.0 Å². The maximum Gasteiger partial charge on any atom is 0.224 e. The maximum absolute atomic E-state index is 12.2. The van der Waals surface area contributed by atoms with Crippen LogP contribution in [0.3, 0.4) is 0 Å². The maximum atomic E-state index is 12.2. The zero-order valence-electron chi connectivity index (χ0n) is 13.4. The summed E-state index contributed by atoms with van der Waals surface area (Å²) in [5.74, 6) is 0.862. The molecule has 0 aliphatic heterocycles. The van der Waals surface area contributed by atoms with Gasteiger partial charge in [0.2, 0.25) is 5.91 Å². The van der Waals surface area contributed by atoms with Gasteiger partial charge in [-0.05, 0) is 47.4 Å². The molecule has 24 heavy (non-hydrogen) atoms. The third-order valence-corrected chi connectivity index (χ3v) is 4.22. The molecule has 0 bridgehead atoms. The number of hydrogen-bond donors (Lipinski definition) is 2. The van der Waals surface area contributed by atoms with Gasteiger partial charge in [-0.15, -0.1) is 17.5 Å². The summed E-state index contributed by atoms with van der Waals surface area (Å²) >= 11 is 0. The topological polar surface area (TPSA) is 108 Å². The van der Waals surface area contributed by atoms with E-state index in [-0.39, 0.29) is 30.3 Å². The highest BCUT2D eigenvalue weighted by Crippen LogP contribution is 2.28. The molecule has 3 rings (SSSR count). The van der Waals surface area contributed by atoms with Crippen molar-refractivity contribution in [3.8, 4) is 11.4 Å². The molecule has 0 spiro atoms. The Morgan fingerprint density at radius 1 is 1.46 bits per heavy atom. The summed E-state index contributed by atoms with van der Waals surface area (Å²) in [5, 5.41) is 14.0. The number of anilines is 1. The van der Waals surface area contributed by atoms with Gasteiger partial charge >= 0.3 is 0 Å². The van der Waals surface area contributed by atoms with Gasteiger partial charge in [0.05, 0.1) is 7.11 Å². The fraction of sp³-hybridized carbons (Fsp3) is 0.467. The van der Waals surface area contributed by atoms with Gasteiger partial charge in [-0.3, -0.25) is 4.79 Å². The van der Waals surface area contributed by atoms with Crippen LogP contribution in [0.15, 0.2) is 24.5 Å². The van der Waals surface area contributed by atoms with E-state index in [2.05, 4.69) is 20.8 Å². The Bertz CT molecular complexity index is 679. The lowest BCUT2D eigenvalue weighted by Crippen LogP contribution is -2.28. The van der Waals surface area contributed by atoms with Crippen molar-refractivity contribution >= 4 is 24.0 Å². The number of nitrogens with one attached hydrogen (secondary N) is 1. The molecule has 1 aromatic heterocycles. The monoisotopic (exact) mass is 352 g/mol. The molecule has 9 heteroatoms. The standard InChI is InChI=1S/C15H20N6O2.ClH/c1-23-14-6-5-11(8-13(14)21-9-17-19-20-21)18-15(22)7-10-3-2-4-12(10)16;/h5-6,8-10,12H,2-4,7,16H2,1H3,(H,18,22);1H/t10-,12+;/m0./s1. The van der Waals surface area contributed by atoms with Crippen LogP contribution in [0.5, 0.6) is 5.75 Å². The van der Waals surface area contributed by atoms with E-state index in [0.717, 1.165) is 19.3 Å². The Labute approximate surface area is 146 Å². The van der Waals surface area contributed by atoms with E-state index in [9.17, 15) is 4.79 Å². The molecule has 0 unspecified atom stereocenters. The van der Waals surface area contributed by atoms with Gasteiger partial charge in [0, 0.05) is 18.2 Å². The van der Waals surface area contributed by atoms with Crippen LogP contribution in [-0.4, -0.2) is 39.3 Å². The van der Waals surface area contributed by atoms with Crippen LogP contribution in [0.2, 0.25) is 0 Å². The largest absolute Gasteiger partial charge is 0.494 e. The van der Waals surface area contributed by atoms with Crippen LogP contribution in [0.1, 0.15) is 25.7 Å². The molecule has 8 nitrogen and oxygen atoms in total. The summed E-state index contributed by atoms with van der Waals surface area (Å²) in [4.78, 5) is 12.2. The van der Waals surface area contributed by atoms with Crippen LogP contribution < -0.4 is 15.8 Å². The van der Waals surface area contributed by atoms with Crippen LogP contribution in [0, 0.1) is 5.92 Å². The minimum atomic E-state index is -0.0276. The van der Waals surface area contributed by atoms with Crippen LogP contribution in [0.4, 0.5) is 5.69 Å². The predicted molar refractivity (Wildman–Crippen MR) is 91.5 cm³/mol. The molecule has 2 aromatic rings. The van der Waals surface area contributed by atoms with E-state index in [4.69, 9.17) is 10.5 Å². The smallest absolute Gasteiger partial charge is 0.224 e. The van der Waals surface area contributed by atoms with Crippen molar-refractivity contribution in [2.24, 2.45) is 11.7 Å². The van der Waals surface area contributed by atoms with Crippen LogP contribution in [-0.2, 0) is 4.79 Å². The molecule has 1 saturated carbocycles. The summed E-state index contributed by atoms with van der Waals surface area (Å²) in [6.07, 6.45) is 5.05. The highest BCUT2D eigenvalue weighted by molar-refractivity contribution is 5.91. The molecule has 3 N–H and O–H groups in total. The van der Waals surface area contributed by atoms with Crippen LogP contribution in [0.25, 0.3) is 5.69 Å².